The maximum Gasteiger partial charge on any atom is 0.0867 e. The summed E-state index contributed by atoms with van der Waals surface area (Å²) in [5, 5.41) is 0. The van der Waals surface area contributed by atoms with Crippen LogP contribution >= 0.6 is 0 Å². The van der Waals surface area contributed by atoms with E-state index in [-0.39, 0.29) is 12.2 Å². The molecule has 4 unspecified atom stereocenters. The summed E-state index contributed by atoms with van der Waals surface area (Å²) < 4.78 is 11.7. The Morgan fingerprint density at radius 1 is 0.938 bits per heavy atom. The molecule has 2 heteroatoms. The summed E-state index contributed by atoms with van der Waals surface area (Å²) >= 11 is 0. The van der Waals surface area contributed by atoms with Gasteiger partial charge in [-0.25, -0.2) is 0 Å². The highest BCUT2D eigenvalue weighted by Gasteiger charge is 2.29. The van der Waals surface area contributed by atoms with E-state index in [4.69, 9.17) is 9.47 Å². The Morgan fingerprint density at radius 2 is 1.50 bits per heavy atom. The minimum absolute atomic E-state index is 0.213. The van der Waals surface area contributed by atoms with Crippen molar-refractivity contribution in [2.75, 3.05) is 7.11 Å². The van der Waals surface area contributed by atoms with Gasteiger partial charge in [-0.05, 0) is 31.6 Å². The Labute approximate surface area is 102 Å². The average Bonchev–Trinajstić information content (AvgIpc) is 2.27. The van der Waals surface area contributed by atoms with Crippen LogP contribution in [0, 0.1) is 11.8 Å². The molecule has 0 aliphatic carbocycles. The van der Waals surface area contributed by atoms with Crippen molar-refractivity contribution in [3.05, 3.63) is 0 Å². The van der Waals surface area contributed by atoms with Gasteiger partial charge < -0.3 is 9.47 Å². The van der Waals surface area contributed by atoms with Crippen molar-refractivity contribution in [1.82, 2.24) is 0 Å². The molecule has 0 aromatic carbocycles. The quantitative estimate of drug-likeness (QED) is 0.630. The first-order valence-electron chi connectivity index (χ1n) is 6.66. The zero-order valence-corrected chi connectivity index (χ0v) is 12.1. The topological polar surface area (TPSA) is 18.5 Å². The molecular formula is C14H30O2. The second kappa shape index (κ2) is 8.08. The smallest absolute Gasteiger partial charge is 0.0867 e. The second-order valence-corrected chi connectivity index (χ2v) is 5.11. The highest BCUT2D eigenvalue weighted by Crippen LogP contribution is 2.24. The van der Waals surface area contributed by atoms with Gasteiger partial charge in [-0.2, -0.15) is 0 Å². The third-order valence-corrected chi connectivity index (χ3v) is 3.61. The van der Waals surface area contributed by atoms with Crippen LogP contribution in [0.3, 0.4) is 0 Å². The van der Waals surface area contributed by atoms with E-state index in [1.165, 1.54) is 0 Å². The van der Waals surface area contributed by atoms with Crippen molar-refractivity contribution in [3.63, 3.8) is 0 Å². The lowest BCUT2D eigenvalue weighted by molar-refractivity contribution is -0.116. The van der Waals surface area contributed by atoms with Crippen LogP contribution in [0.15, 0.2) is 0 Å². The van der Waals surface area contributed by atoms with Crippen molar-refractivity contribution in [1.29, 1.82) is 0 Å². The fourth-order valence-electron chi connectivity index (χ4n) is 1.83. The molecule has 0 N–H and O–H groups in total. The van der Waals surface area contributed by atoms with Gasteiger partial charge in [-0.15, -0.1) is 0 Å². The first-order valence-corrected chi connectivity index (χ1v) is 6.66. The van der Waals surface area contributed by atoms with Gasteiger partial charge in [0.05, 0.1) is 18.3 Å². The van der Waals surface area contributed by atoms with Crippen LogP contribution in [-0.4, -0.2) is 25.4 Å². The predicted octanol–water partition coefficient (Wildman–Crippen LogP) is 3.89. The Bertz CT molecular complexity index is 162. The number of ether oxygens (including phenoxy) is 2. The normalized spacial score (nSPS) is 19.5. The van der Waals surface area contributed by atoms with E-state index in [2.05, 4.69) is 41.5 Å². The first kappa shape index (κ1) is 15.9. The second-order valence-electron chi connectivity index (χ2n) is 5.11. The summed E-state index contributed by atoms with van der Waals surface area (Å²) in [6.45, 7) is 13.2. The Kier molecular flexibility index (Phi) is 8.04. The third kappa shape index (κ3) is 4.84. The van der Waals surface area contributed by atoms with E-state index in [9.17, 15) is 0 Å². The SMILES string of the molecule is CCC(C)OC(C(CC)OC)C(C)C(C)C. The Hall–Kier alpha value is -0.0800. The molecule has 0 aliphatic heterocycles. The predicted molar refractivity (Wildman–Crippen MR) is 69.7 cm³/mol. The maximum atomic E-state index is 6.14. The maximum absolute atomic E-state index is 6.14. The zero-order valence-electron chi connectivity index (χ0n) is 12.1. The molecule has 0 saturated carbocycles. The monoisotopic (exact) mass is 230 g/mol. The fourth-order valence-corrected chi connectivity index (χ4v) is 1.83. The number of methoxy groups -OCH3 is 1. The number of hydrogen-bond acceptors (Lipinski definition) is 2. The third-order valence-electron chi connectivity index (χ3n) is 3.61. The number of hydrogen-bond donors (Lipinski definition) is 0. The van der Waals surface area contributed by atoms with Crippen LogP contribution < -0.4 is 0 Å². The van der Waals surface area contributed by atoms with Gasteiger partial charge in [0.1, 0.15) is 0 Å². The van der Waals surface area contributed by atoms with Gasteiger partial charge in [-0.1, -0.05) is 34.6 Å². The van der Waals surface area contributed by atoms with Gasteiger partial charge in [0.2, 0.25) is 0 Å². The molecule has 98 valence electrons. The van der Waals surface area contributed by atoms with Crippen molar-refractivity contribution in [2.45, 2.75) is 72.7 Å². The van der Waals surface area contributed by atoms with Crippen LogP contribution in [0.2, 0.25) is 0 Å². The van der Waals surface area contributed by atoms with E-state index in [0.29, 0.717) is 17.9 Å². The van der Waals surface area contributed by atoms with Gasteiger partial charge in [0.25, 0.3) is 0 Å². The Morgan fingerprint density at radius 3 is 1.81 bits per heavy atom. The highest BCUT2D eigenvalue weighted by molar-refractivity contribution is 4.78. The minimum atomic E-state index is 0.213. The molecule has 0 spiro atoms. The molecular weight excluding hydrogens is 200 g/mol. The number of rotatable bonds is 8. The first-order chi connectivity index (χ1) is 7.47. The van der Waals surface area contributed by atoms with Gasteiger partial charge in [0.15, 0.2) is 0 Å². The van der Waals surface area contributed by atoms with Crippen molar-refractivity contribution < 1.29 is 9.47 Å². The standard InChI is InChI=1S/C14H30O2/c1-8-11(5)16-14(12(6)10(3)4)13(9-2)15-7/h10-14H,8-9H2,1-7H3. The van der Waals surface area contributed by atoms with Crippen LogP contribution in [0.1, 0.15) is 54.4 Å². The molecule has 2 nitrogen and oxygen atoms in total. The van der Waals surface area contributed by atoms with Crippen molar-refractivity contribution >= 4 is 0 Å². The highest BCUT2D eigenvalue weighted by atomic mass is 16.5. The molecule has 0 fully saturated rings. The lowest BCUT2D eigenvalue weighted by Gasteiger charge is -2.34. The summed E-state index contributed by atoms with van der Waals surface area (Å²) in [7, 11) is 1.79. The lowest BCUT2D eigenvalue weighted by Crippen LogP contribution is -2.40. The van der Waals surface area contributed by atoms with Gasteiger partial charge in [-0.3, -0.25) is 0 Å². The van der Waals surface area contributed by atoms with E-state index in [1.54, 1.807) is 7.11 Å². The van der Waals surface area contributed by atoms with Crippen LogP contribution in [0.4, 0.5) is 0 Å². The molecule has 0 aliphatic rings. The fraction of sp³-hybridized carbons (Fsp3) is 1.00. The summed E-state index contributed by atoms with van der Waals surface area (Å²) in [6.07, 6.45) is 2.81. The van der Waals surface area contributed by atoms with Crippen LogP contribution in [0.5, 0.6) is 0 Å². The molecule has 0 aromatic rings. The molecule has 0 radical (unpaired) electrons. The van der Waals surface area contributed by atoms with E-state index in [0.717, 1.165) is 12.8 Å². The molecule has 0 bridgehead atoms. The van der Waals surface area contributed by atoms with Crippen LogP contribution in [0.25, 0.3) is 0 Å². The lowest BCUT2D eigenvalue weighted by atomic mass is 9.88. The van der Waals surface area contributed by atoms with E-state index < -0.39 is 0 Å². The molecule has 16 heavy (non-hydrogen) atoms. The van der Waals surface area contributed by atoms with Crippen LogP contribution in [-0.2, 0) is 9.47 Å². The Balaban J connectivity index is 4.60. The molecule has 0 aromatic heterocycles. The molecule has 0 saturated heterocycles. The summed E-state index contributed by atoms with van der Waals surface area (Å²) in [4.78, 5) is 0. The molecule has 4 atom stereocenters. The summed E-state index contributed by atoms with van der Waals surface area (Å²) in [5.41, 5.74) is 0. The summed E-state index contributed by atoms with van der Waals surface area (Å²) in [6, 6.07) is 0. The minimum Gasteiger partial charge on any atom is -0.379 e. The van der Waals surface area contributed by atoms with E-state index in [1.807, 2.05) is 0 Å². The van der Waals surface area contributed by atoms with Crippen molar-refractivity contribution in [3.8, 4) is 0 Å². The molecule has 0 heterocycles. The molecule has 0 amide bonds. The van der Waals surface area contributed by atoms with Crippen molar-refractivity contribution in [2.24, 2.45) is 11.8 Å². The van der Waals surface area contributed by atoms with Gasteiger partial charge in [0, 0.05) is 7.11 Å². The van der Waals surface area contributed by atoms with Gasteiger partial charge >= 0.3 is 0 Å². The summed E-state index contributed by atoms with van der Waals surface area (Å²) in [5.74, 6) is 1.15. The average molecular weight is 230 g/mol. The van der Waals surface area contributed by atoms with E-state index >= 15 is 0 Å². The molecule has 0 rings (SSSR count). The largest absolute Gasteiger partial charge is 0.379 e. The zero-order chi connectivity index (χ0) is 12.7.